The molecule has 2 amide bonds. The maximum absolute atomic E-state index is 13.5. The van der Waals surface area contributed by atoms with Crippen molar-refractivity contribution in [2.75, 3.05) is 17.1 Å². The third-order valence-corrected chi connectivity index (χ3v) is 7.73. The molecule has 1 unspecified atom stereocenters. The predicted molar refractivity (Wildman–Crippen MR) is 133 cm³/mol. The van der Waals surface area contributed by atoms with Crippen molar-refractivity contribution in [2.24, 2.45) is 0 Å². The molecular formula is C24H29BrFN3O4S. The van der Waals surface area contributed by atoms with Crippen molar-refractivity contribution in [3.8, 4) is 0 Å². The first-order chi connectivity index (χ1) is 16.1. The normalized spacial score (nSPS) is 15.1. The average Bonchev–Trinajstić information content (AvgIpc) is 3.29. The molecule has 10 heteroatoms. The van der Waals surface area contributed by atoms with Crippen molar-refractivity contribution in [3.63, 3.8) is 0 Å². The number of nitrogens with zero attached hydrogens (tertiary/aromatic N) is 2. The second-order valence-electron chi connectivity index (χ2n) is 8.54. The molecule has 184 valence electrons. The number of nitrogens with one attached hydrogen (secondary N) is 1. The number of para-hydroxylation sites is 1. The summed E-state index contributed by atoms with van der Waals surface area (Å²) in [6, 6.07) is 11.6. The van der Waals surface area contributed by atoms with Crippen LogP contribution in [-0.2, 0) is 26.2 Å². The summed E-state index contributed by atoms with van der Waals surface area (Å²) in [5.41, 5.74) is 0.949. The molecule has 0 aliphatic heterocycles. The smallest absolute Gasteiger partial charge is 0.244 e. The van der Waals surface area contributed by atoms with Gasteiger partial charge in [-0.15, -0.1) is 0 Å². The molecular weight excluding hydrogens is 525 g/mol. The number of amides is 2. The minimum absolute atomic E-state index is 0.0337. The predicted octanol–water partition coefficient (Wildman–Crippen LogP) is 3.83. The van der Waals surface area contributed by atoms with E-state index in [1.807, 2.05) is 0 Å². The number of hydrogen-bond donors (Lipinski definition) is 1. The Morgan fingerprint density at radius 1 is 1.12 bits per heavy atom. The van der Waals surface area contributed by atoms with Crippen molar-refractivity contribution in [1.29, 1.82) is 0 Å². The number of hydrogen-bond acceptors (Lipinski definition) is 4. The van der Waals surface area contributed by atoms with E-state index in [0.717, 1.165) is 36.2 Å². The van der Waals surface area contributed by atoms with E-state index in [4.69, 9.17) is 0 Å². The van der Waals surface area contributed by atoms with Gasteiger partial charge in [0, 0.05) is 17.1 Å². The molecule has 2 aromatic carbocycles. The molecule has 7 nitrogen and oxygen atoms in total. The molecule has 0 radical (unpaired) electrons. The van der Waals surface area contributed by atoms with Crippen LogP contribution in [-0.4, -0.2) is 50.0 Å². The fourth-order valence-electron chi connectivity index (χ4n) is 4.01. The summed E-state index contributed by atoms with van der Waals surface area (Å²) >= 11 is 3.35. The van der Waals surface area contributed by atoms with Gasteiger partial charge in [0.05, 0.1) is 11.9 Å². The number of anilines is 1. The Labute approximate surface area is 208 Å². The summed E-state index contributed by atoms with van der Waals surface area (Å²) in [6.07, 6.45) is 4.92. The van der Waals surface area contributed by atoms with Crippen molar-refractivity contribution in [2.45, 2.75) is 51.2 Å². The lowest BCUT2D eigenvalue weighted by Gasteiger charge is -2.32. The third kappa shape index (κ3) is 6.79. The minimum Gasteiger partial charge on any atom is -0.352 e. The number of carbonyl (C=O) groups is 2. The number of carbonyl (C=O) groups excluding carboxylic acids is 2. The van der Waals surface area contributed by atoms with Gasteiger partial charge in [0.1, 0.15) is 18.4 Å². The molecule has 1 N–H and O–H groups in total. The highest BCUT2D eigenvalue weighted by molar-refractivity contribution is 9.10. The van der Waals surface area contributed by atoms with Crippen LogP contribution in [0.15, 0.2) is 53.0 Å². The van der Waals surface area contributed by atoms with Crippen LogP contribution in [0.25, 0.3) is 0 Å². The maximum atomic E-state index is 13.5. The van der Waals surface area contributed by atoms with Crippen LogP contribution >= 0.6 is 15.9 Å². The zero-order valence-electron chi connectivity index (χ0n) is 19.2. The van der Waals surface area contributed by atoms with E-state index in [9.17, 15) is 22.4 Å². The Balaban J connectivity index is 1.88. The van der Waals surface area contributed by atoms with E-state index in [0.29, 0.717) is 15.7 Å². The maximum Gasteiger partial charge on any atom is 0.244 e. The van der Waals surface area contributed by atoms with Crippen molar-refractivity contribution >= 4 is 43.5 Å². The zero-order chi connectivity index (χ0) is 24.9. The number of benzene rings is 2. The van der Waals surface area contributed by atoms with Gasteiger partial charge in [0.25, 0.3) is 0 Å². The topological polar surface area (TPSA) is 86.8 Å². The van der Waals surface area contributed by atoms with E-state index >= 15 is 0 Å². The highest BCUT2D eigenvalue weighted by Crippen LogP contribution is 2.28. The van der Waals surface area contributed by atoms with E-state index < -0.39 is 34.3 Å². The fourth-order valence-corrected chi connectivity index (χ4v) is 5.49. The first-order valence-electron chi connectivity index (χ1n) is 11.1. The van der Waals surface area contributed by atoms with E-state index in [1.165, 1.54) is 17.0 Å². The molecule has 1 atom stereocenters. The number of halogens is 2. The molecule has 0 saturated heterocycles. The first-order valence-corrected chi connectivity index (χ1v) is 13.8. The van der Waals surface area contributed by atoms with Crippen LogP contribution < -0.4 is 9.62 Å². The van der Waals surface area contributed by atoms with Crippen LogP contribution in [0.2, 0.25) is 0 Å². The summed E-state index contributed by atoms with van der Waals surface area (Å²) in [5.74, 6) is -1.25. The number of sulfonamides is 1. The van der Waals surface area contributed by atoms with Gasteiger partial charge in [0.15, 0.2) is 0 Å². The minimum atomic E-state index is -3.81. The van der Waals surface area contributed by atoms with Gasteiger partial charge in [-0.3, -0.25) is 13.9 Å². The first kappa shape index (κ1) is 26.2. The standard InChI is InChI=1S/C24H29BrFN3O4S/c1-17(24(31)27-20-7-3-4-8-20)28(15-18-11-13-19(26)14-12-18)23(30)16-29(34(2,32)33)22-10-6-5-9-21(22)25/h5-6,9-14,17,20H,3-4,7-8,15-16H2,1-2H3,(H,27,31). The second kappa shape index (κ2) is 11.3. The van der Waals surface area contributed by atoms with Gasteiger partial charge in [-0.05, 0) is 65.5 Å². The van der Waals surface area contributed by atoms with Crippen LogP contribution in [0, 0.1) is 5.82 Å². The summed E-state index contributed by atoms with van der Waals surface area (Å²) in [6.45, 7) is 1.17. The molecule has 0 heterocycles. The Morgan fingerprint density at radius 3 is 2.32 bits per heavy atom. The zero-order valence-corrected chi connectivity index (χ0v) is 21.6. The molecule has 34 heavy (non-hydrogen) atoms. The lowest BCUT2D eigenvalue weighted by molar-refractivity contribution is -0.139. The second-order valence-corrected chi connectivity index (χ2v) is 11.3. The lowest BCUT2D eigenvalue weighted by Crippen LogP contribution is -2.52. The molecule has 3 rings (SSSR count). The average molecular weight is 554 g/mol. The molecule has 1 fully saturated rings. The third-order valence-electron chi connectivity index (χ3n) is 5.94. The largest absolute Gasteiger partial charge is 0.352 e. The van der Waals surface area contributed by atoms with Crippen molar-refractivity contribution < 1.29 is 22.4 Å². The van der Waals surface area contributed by atoms with Gasteiger partial charge < -0.3 is 10.2 Å². The van der Waals surface area contributed by atoms with Crippen LogP contribution in [0.3, 0.4) is 0 Å². The molecule has 1 aliphatic carbocycles. The van der Waals surface area contributed by atoms with Gasteiger partial charge in [0.2, 0.25) is 21.8 Å². The molecule has 0 spiro atoms. The monoisotopic (exact) mass is 553 g/mol. The quantitative estimate of drug-likeness (QED) is 0.511. The molecule has 2 aromatic rings. The van der Waals surface area contributed by atoms with Crippen LogP contribution in [0.1, 0.15) is 38.2 Å². The summed E-state index contributed by atoms with van der Waals surface area (Å²) in [7, 11) is -3.81. The Kier molecular flexibility index (Phi) is 8.70. The van der Waals surface area contributed by atoms with E-state index in [2.05, 4.69) is 21.2 Å². The van der Waals surface area contributed by atoms with Gasteiger partial charge >= 0.3 is 0 Å². The van der Waals surface area contributed by atoms with Gasteiger partial charge in [-0.25, -0.2) is 12.8 Å². The highest BCUT2D eigenvalue weighted by Gasteiger charge is 2.31. The molecule has 0 aromatic heterocycles. The fraction of sp³-hybridized carbons (Fsp3) is 0.417. The lowest BCUT2D eigenvalue weighted by atomic mass is 10.1. The van der Waals surface area contributed by atoms with Crippen LogP contribution in [0.4, 0.5) is 10.1 Å². The van der Waals surface area contributed by atoms with E-state index in [-0.39, 0.29) is 18.5 Å². The number of rotatable bonds is 9. The summed E-state index contributed by atoms with van der Waals surface area (Å²) in [5, 5.41) is 3.00. The Morgan fingerprint density at radius 2 is 1.74 bits per heavy atom. The molecule has 1 aliphatic rings. The SMILES string of the molecule is CC(C(=O)NC1CCCC1)N(Cc1ccc(F)cc1)C(=O)CN(c1ccccc1Br)S(C)(=O)=O. The molecule has 0 bridgehead atoms. The molecule has 1 saturated carbocycles. The van der Waals surface area contributed by atoms with Crippen molar-refractivity contribution in [1.82, 2.24) is 10.2 Å². The van der Waals surface area contributed by atoms with Gasteiger partial charge in [-0.1, -0.05) is 37.1 Å². The van der Waals surface area contributed by atoms with Crippen molar-refractivity contribution in [3.05, 3.63) is 64.4 Å². The summed E-state index contributed by atoms with van der Waals surface area (Å²) in [4.78, 5) is 27.8. The van der Waals surface area contributed by atoms with Crippen LogP contribution in [0.5, 0.6) is 0 Å². The Bertz CT molecular complexity index is 1120. The summed E-state index contributed by atoms with van der Waals surface area (Å²) < 4.78 is 40.1. The van der Waals surface area contributed by atoms with E-state index in [1.54, 1.807) is 43.3 Å². The Hall–Kier alpha value is -2.46. The van der Waals surface area contributed by atoms with Gasteiger partial charge in [-0.2, -0.15) is 0 Å². The highest BCUT2D eigenvalue weighted by atomic mass is 79.9.